The molecule has 4 aromatic rings. The van der Waals surface area contributed by atoms with Crippen LogP contribution < -0.4 is 4.90 Å². The molecule has 3 aromatic carbocycles. The summed E-state index contributed by atoms with van der Waals surface area (Å²) in [5, 5.41) is -0.191. The minimum atomic E-state index is -3.53. The summed E-state index contributed by atoms with van der Waals surface area (Å²) in [4.78, 5) is 19.7. The molecule has 0 N–H and O–H groups in total. The van der Waals surface area contributed by atoms with Crippen LogP contribution in [0.1, 0.15) is 29.8 Å². The third-order valence-electron chi connectivity index (χ3n) is 5.03. The van der Waals surface area contributed by atoms with E-state index in [0.717, 1.165) is 5.56 Å². The van der Waals surface area contributed by atoms with Crippen molar-refractivity contribution in [3.63, 3.8) is 0 Å². The van der Waals surface area contributed by atoms with E-state index in [2.05, 4.69) is 4.98 Å². The molecule has 0 aliphatic carbocycles. The van der Waals surface area contributed by atoms with Crippen molar-refractivity contribution in [2.45, 2.75) is 30.5 Å². The van der Waals surface area contributed by atoms with Crippen molar-refractivity contribution in [1.82, 2.24) is 4.98 Å². The molecule has 1 aromatic heterocycles. The predicted octanol–water partition coefficient (Wildman–Crippen LogP) is 5.46. The largest absolute Gasteiger partial charge is 0.279 e. The van der Waals surface area contributed by atoms with Crippen molar-refractivity contribution in [2.75, 3.05) is 4.90 Å². The topological polar surface area (TPSA) is 67.3 Å². The molecule has 0 aliphatic heterocycles. The Morgan fingerprint density at radius 3 is 2.50 bits per heavy atom. The highest BCUT2D eigenvalue weighted by molar-refractivity contribution is 7.92. The number of nitrogens with zero attached hydrogens (tertiary/aromatic N) is 2. The minimum Gasteiger partial charge on any atom is -0.279 e. The first-order valence-electron chi connectivity index (χ1n) is 10.0. The van der Waals surface area contributed by atoms with Gasteiger partial charge in [-0.15, -0.1) is 0 Å². The fourth-order valence-electron chi connectivity index (χ4n) is 3.23. The number of thiazole rings is 1. The Morgan fingerprint density at radius 1 is 1.03 bits per heavy atom. The van der Waals surface area contributed by atoms with Crippen molar-refractivity contribution in [2.24, 2.45) is 0 Å². The number of sulfone groups is 1. The zero-order chi connectivity index (χ0) is 22.9. The smallest absolute Gasteiger partial charge is 0.260 e. The van der Waals surface area contributed by atoms with Gasteiger partial charge in [-0.05, 0) is 55.8 Å². The molecule has 0 fully saturated rings. The van der Waals surface area contributed by atoms with Gasteiger partial charge < -0.3 is 0 Å². The first kappa shape index (κ1) is 22.1. The fraction of sp³-hybridized carbons (Fsp3) is 0.167. The molecule has 4 rings (SSSR count). The van der Waals surface area contributed by atoms with Gasteiger partial charge >= 0.3 is 0 Å². The van der Waals surface area contributed by atoms with E-state index in [1.165, 1.54) is 40.5 Å². The maximum absolute atomic E-state index is 13.7. The Morgan fingerprint density at radius 2 is 1.78 bits per heavy atom. The van der Waals surface area contributed by atoms with E-state index < -0.39 is 15.1 Å². The Bertz CT molecular complexity index is 1380. The van der Waals surface area contributed by atoms with E-state index in [1.54, 1.807) is 32.0 Å². The van der Waals surface area contributed by atoms with Crippen LogP contribution in [-0.2, 0) is 16.4 Å². The van der Waals surface area contributed by atoms with Gasteiger partial charge in [0.2, 0.25) is 0 Å². The highest BCUT2D eigenvalue weighted by atomic mass is 32.2. The van der Waals surface area contributed by atoms with Gasteiger partial charge in [-0.25, -0.2) is 17.8 Å². The van der Waals surface area contributed by atoms with Gasteiger partial charge in [-0.2, -0.15) is 0 Å². The van der Waals surface area contributed by atoms with Crippen LogP contribution in [0.3, 0.4) is 0 Å². The van der Waals surface area contributed by atoms with Crippen molar-refractivity contribution < 1.29 is 17.6 Å². The van der Waals surface area contributed by atoms with E-state index in [-0.39, 0.29) is 28.7 Å². The highest BCUT2D eigenvalue weighted by Crippen LogP contribution is 2.31. The Hall–Kier alpha value is -3.10. The van der Waals surface area contributed by atoms with Gasteiger partial charge in [0, 0.05) is 5.56 Å². The van der Waals surface area contributed by atoms with E-state index in [9.17, 15) is 17.6 Å². The zero-order valence-corrected chi connectivity index (χ0v) is 19.2. The molecule has 0 unspecified atom stereocenters. The van der Waals surface area contributed by atoms with Crippen LogP contribution >= 0.6 is 11.3 Å². The summed E-state index contributed by atoms with van der Waals surface area (Å²) in [6, 6.07) is 19.8. The number of hydrogen-bond donors (Lipinski definition) is 0. The van der Waals surface area contributed by atoms with Gasteiger partial charge in [0.15, 0.2) is 15.0 Å². The molecule has 0 aliphatic rings. The third-order valence-corrected chi connectivity index (χ3v) is 8.22. The summed E-state index contributed by atoms with van der Waals surface area (Å²) in [6.45, 7) is 3.45. The molecule has 5 nitrogen and oxygen atoms in total. The Balaban J connectivity index is 1.78. The Labute approximate surface area is 190 Å². The summed E-state index contributed by atoms with van der Waals surface area (Å²) in [6.07, 6.45) is 0. The van der Waals surface area contributed by atoms with E-state index in [1.807, 2.05) is 30.3 Å². The molecule has 0 saturated heterocycles. The second-order valence-corrected chi connectivity index (χ2v) is 11.1. The second-order valence-electron chi connectivity index (χ2n) is 7.61. The molecular formula is C24H21FN2O3S2. The van der Waals surface area contributed by atoms with Crippen LogP contribution in [0.25, 0.3) is 10.2 Å². The normalized spacial score (nSPS) is 11.8. The number of fused-ring (bicyclic) bond motifs is 1. The first-order valence-corrected chi connectivity index (χ1v) is 12.4. The standard InChI is InChI=1S/C24H21FN2O3S2/c1-16(2)32(29,30)20-10-6-9-18(13-20)23(28)27(15-17-7-4-3-5-8-17)24-26-21-12-11-19(25)14-22(21)31-24/h3-14,16H,15H2,1-2H3. The van der Waals surface area contributed by atoms with Crippen molar-refractivity contribution in [1.29, 1.82) is 0 Å². The molecule has 0 saturated carbocycles. The lowest BCUT2D eigenvalue weighted by atomic mass is 10.1. The summed E-state index contributed by atoms with van der Waals surface area (Å²) >= 11 is 1.21. The lowest BCUT2D eigenvalue weighted by Crippen LogP contribution is -2.30. The number of aromatic nitrogens is 1. The number of amides is 1. The van der Waals surface area contributed by atoms with Crippen molar-refractivity contribution in [3.05, 3.63) is 89.7 Å². The number of benzene rings is 3. The van der Waals surface area contributed by atoms with E-state index >= 15 is 0 Å². The molecule has 1 amide bonds. The van der Waals surface area contributed by atoms with E-state index in [0.29, 0.717) is 15.3 Å². The average Bonchev–Trinajstić information content (AvgIpc) is 3.20. The number of anilines is 1. The van der Waals surface area contributed by atoms with Crippen LogP contribution in [0.4, 0.5) is 9.52 Å². The quantitative estimate of drug-likeness (QED) is 0.377. The highest BCUT2D eigenvalue weighted by Gasteiger charge is 2.25. The van der Waals surface area contributed by atoms with Gasteiger partial charge in [-0.3, -0.25) is 9.69 Å². The SMILES string of the molecule is CC(C)S(=O)(=O)c1cccc(C(=O)N(Cc2ccccc2)c2nc3ccc(F)cc3s2)c1. The molecule has 0 spiro atoms. The molecular weight excluding hydrogens is 447 g/mol. The molecule has 1 heterocycles. The fourth-order valence-corrected chi connectivity index (χ4v) is 5.32. The van der Waals surface area contributed by atoms with Gasteiger partial charge in [0.25, 0.3) is 5.91 Å². The summed E-state index contributed by atoms with van der Waals surface area (Å²) in [5.41, 5.74) is 1.72. The third kappa shape index (κ3) is 4.42. The number of rotatable bonds is 6. The van der Waals surface area contributed by atoms with Crippen molar-refractivity contribution >= 4 is 42.4 Å². The summed E-state index contributed by atoms with van der Waals surface area (Å²) in [7, 11) is -3.53. The summed E-state index contributed by atoms with van der Waals surface area (Å²) < 4.78 is 39.5. The van der Waals surface area contributed by atoms with Crippen molar-refractivity contribution in [3.8, 4) is 0 Å². The zero-order valence-electron chi connectivity index (χ0n) is 17.5. The van der Waals surface area contributed by atoms with Crippen LogP contribution in [0.2, 0.25) is 0 Å². The predicted molar refractivity (Wildman–Crippen MR) is 125 cm³/mol. The molecule has 0 bridgehead atoms. The number of carbonyl (C=O) groups excluding carboxylic acids is 1. The molecule has 0 atom stereocenters. The van der Waals surface area contributed by atoms with Crippen LogP contribution in [0, 0.1) is 5.82 Å². The number of hydrogen-bond acceptors (Lipinski definition) is 5. The maximum Gasteiger partial charge on any atom is 0.260 e. The molecule has 0 radical (unpaired) electrons. The lowest BCUT2D eigenvalue weighted by molar-refractivity contribution is 0.0985. The second kappa shape index (κ2) is 8.80. The lowest BCUT2D eigenvalue weighted by Gasteiger charge is -2.20. The first-order chi connectivity index (χ1) is 15.3. The van der Waals surface area contributed by atoms with Gasteiger partial charge in [-0.1, -0.05) is 47.7 Å². The molecule has 8 heteroatoms. The van der Waals surface area contributed by atoms with E-state index in [4.69, 9.17) is 0 Å². The minimum absolute atomic E-state index is 0.101. The molecule has 32 heavy (non-hydrogen) atoms. The number of halogens is 1. The van der Waals surface area contributed by atoms with Crippen LogP contribution in [0.5, 0.6) is 0 Å². The van der Waals surface area contributed by atoms with Gasteiger partial charge in [0.05, 0.1) is 26.9 Å². The monoisotopic (exact) mass is 468 g/mol. The van der Waals surface area contributed by atoms with Gasteiger partial charge in [0.1, 0.15) is 5.82 Å². The van der Waals surface area contributed by atoms with Crippen LogP contribution in [0.15, 0.2) is 77.7 Å². The molecule has 164 valence electrons. The number of carbonyl (C=O) groups is 1. The van der Waals surface area contributed by atoms with Crippen LogP contribution in [-0.4, -0.2) is 24.6 Å². The Kier molecular flexibility index (Phi) is 6.08. The summed E-state index contributed by atoms with van der Waals surface area (Å²) in [5.74, 6) is -0.755. The average molecular weight is 469 g/mol. The maximum atomic E-state index is 13.7.